The number of hydrogen-bond donors (Lipinski definition) is 1. The Hall–Kier alpha value is -2.34. The first-order valence-corrected chi connectivity index (χ1v) is 11.8. The molecule has 3 aromatic carbocycles. The maximum atomic E-state index is 12.6. The Labute approximate surface area is 186 Å². The Morgan fingerprint density at radius 2 is 1.70 bits per heavy atom. The quantitative estimate of drug-likeness (QED) is 0.493. The Morgan fingerprint density at radius 1 is 0.967 bits per heavy atom. The molecule has 4 nitrogen and oxygen atoms in total. The van der Waals surface area contributed by atoms with Gasteiger partial charge in [0.25, 0.3) is 10.0 Å². The maximum absolute atomic E-state index is 12.6. The molecule has 0 fully saturated rings. The zero-order valence-corrected chi connectivity index (χ0v) is 18.6. The molecule has 1 aliphatic carbocycles. The predicted octanol–water partition coefficient (Wildman–Crippen LogP) is 5.91. The van der Waals surface area contributed by atoms with Crippen molar-refractivity contribution in [1.82, 2.24) is 4.83 Å². The molecule has 1 unspecified atom stereocenters. The lowest BCUT2D eigenvalue weighted by Crippen LogP contribution is -2.24. The Balaban J connectivity index is 1.65. The van der Waals surface area contributed by atoms with Crippen molar-refractivity contribution in [2.75, 3.05) is 0 Å². The molecule has 30 heavy (non-hydrogen) atoms. The summed E-state index contributed by atoms with van der Waals surface area (Å²) in [4.78, 5) is 2.59. The van der Waals surface area contributed by atoms with Gasteiger partial charge in [0, 0.05) is 11.5 Å². The molecule has 154 valence electrons. The van der Waals surface area contributed by atoms with E-state index in [-0.39, 0.29) is 10.8 Å². The van der Waals surface area contributed by atoms with E-state index >= 15 is 0 Å². The lowest BCUT2D eigenvalue weighted by Gasteiger charge is -2.27. The van der Waals surface area contributed by atoms with Crippen LogP contribution in [-0.4, -0.2) is 14.1 Å². The third-order valence-corrected chi connectivity index (χ3v) is 7.26. The number of nitrogens with one attached hydrogen (secondary N) is 1. The fraction of sp³-hybridized carbons (Fsp3) is 0.174. The smallest absolute Gasteiger partial charge is 0.200 e. The van der Waals surface area contributed by atoms with E-state index in [0.717, 1.165) is 34.4 Å². The normalized spacial score (nSPS) is 17.6. The standard InChI is InChI=1S/C23H20Cl2N2O2S/c1-15-6-9-17(10-7-15)30(28,29)27-26-23-13-11-18(19-4-2-3-5-20(19)23)16-8-12-21(24)22(25)14-16/h2-10,12,14,18,27H,11,13H2,1H3/b26-23-. The summed E-state index contributed by atoms with van der Waals surface area (Å²) in [6, 6.07) is 20.3. The monoisotopic (exact) mass is 458 g/mol. The number of hydrogen-bond acceptors (Lipinski definition) is 3. The molecule has 1 N–H and O–H groups in total. The highest BCUT2D eigenvalue weighted by molar-refractivity contribution is 7.89. The molecule has 0 saturated heterocycles. The van der Waals surface area contributed by atoms with Crippen molar-refractivity contribution in [3.05, 3.63) is 99.0 Å². The minimum atomic E-state index is -3.72. The largest absolute Gasteiger partial charge is 0.276 e. The van der Waals surface area contributed by atoms with E-state index in [9.17, 15) is 8.42 Å². The molecule has 0 aliphatic heterocycles. The van der Waals surface area contributed by atoms with Gasteiger partial charge in [-0.3, -0.25) is 0 Å². The zero-order chi connectivity index (χ0) is 21.3. The van der Waals surface area contributed by atoms with E-state index in [4.69, 9.17) is 23.2 Å². The summed E-state index contributed by atoms with van der Waals surface area (Å²) in [7, 11) is -3.72. The summed E-state index contributed by atoms with van der Waals surface area (Å²) in [5, 5.41) is 5.34. The molecule has 0 heterocycles. The topological polar surface area (TPSA) is 58.5 Å². The first-order valence-electron chi connectivity index (χ1n) is 9.54. The second-order valence-electron chi connectivity index (χ2n) is 7.32. The van der Waals surface area contributed by atoms with Crippen molar-refractivity contribution >= 4 is 38.9 Å². The van der Waals surface area contributed by atoms with Crippen LogP contribution in [0.1, 0.15) is 41.0 Å². The lowest BCUT2D eigenvalue weighted by molar-refractivity contribution is 0.584. The number of hydrazone groups is 1. The maximum Gasteiger partial charge on any atom is 0.276 e. The van der Waals surface area contributed by atoms with Gasteiger partial charge in [-0.2, -0.15) is 18.4 Å². The number of halogens is 2. The van der Waals surface area contributed by atoms with Crippen LogP contribution < -0.4 is 4.83 Å². The molecule has 1 aliphatic rings. The van der Waals surface area contributed by atoms with Crippen LogP contribution in [0.4, 0.5) is 0 Å². The number of nitrogens with zero attached hydrogens (tertiary/aromatic N) is 1. The molecule has 0 amide bonds. The first kappa shape index (κ1) is 20.9. The minimum Gasteiger partial charge on any atom is -0.200 e. The van der Waals surface area contributed by atoms with Crippen LogP contribution >= 0.6 is 23.2 Å². The zero-order valence-electron chi connectivity index (χ0n) is 16.3. The van der Waals surface area contributed by atoms with E-state index in [0.29, 0.717) is 16.5 Å². The summed E-state index contributed by atoms with van der Waals surface area (Å²) in [5.74, 6) is 0.142. The van der Waals surface area contributed by atoms with Gasteiger partial charge >= 0.3 is 0 Å². The Kier molecular flexibility index (Phi) is 5.87. The average Bonchev–Trinajstić information content (AvgIpc) is 2.74. The number of fused-ring (bicyclic) bond motifs is 1. The molecule has 3 aromatic rings. The second-order valence-corrected chi connectivity index (χ2v) is 9.79. The number of aryl methyl sites for hydroxylation is 1. The molecule has 0 saturated carbocycles. The number of sulfonamides is 1. The SMILES string of the molecule is Cc1ccc(S(=O)(=O)N/N=C2/CCC(c3ccc(Cl)c(Cl)c3)c3ccccc32)cc1. The Bertz CT molecular complexity index is 1220. The van der Waals surface area contributed by atoms with Gasteiger partial charge in [-0.15, -0.1) is 0 Å². The van der Waals surface area contributed by atoms with Crippen molar-refractivity contribution in [2.45, 2.75) is 30.6 Å². The summed E-state index contributed by atoms with van der Waals surface area (Å²) in [5.41, 5.74) is 4.82. The van der Waals surface area contributed by atoms with E-state index in [2.05, 4.69) is 9.93 Å². The van der Waals surface area contributed by atoms with E-state index in [1.54, 1.807) is 30.3 Å². The lowest BCUT2D eigenvalue weighted by atomic mass is 9.78. The van der Waals surface area contributed by atoms with Crippen LogP contribution in [0, 0.1) is 6.92 Å². The third-order valence-electron chi connectivity index (χ3n) is 5.30. The molecular formula is C23H20Cl2N2O2S. The highest BCUT2D eigenvalue weighted by atomic mass is 35.5. The number of benzene rings is 3. The summed E-state index contributed by atoms with van der Waals surface area (Å²) in [6.45, 7) is 1.91. The van der Waals surface area contributed by atoms with Gasteiger partial charge in [-0.05, 0) is 55.2 Å². The fourth-order valence-corrected chi connectivity index (χ4v) is 4.85. The Morgan fingerprint density at radius 3 is 2.43 bits per heavy atom. The van der Waals surface area contributed by atoms with Crippen molar-refractivity contribution in [2.24, 2.45) is 5.10 Å². The highest BCUT2D eigenvalue weighted by Crippen LogP contribution is 2.38. The van der Waals surface area contributed by atoms with Crippen LogP contribution in [0.25, 0.3) is 0 Å². The summed E-state index contributed by atoms with van der Waals surface area (Å²) >= 11 is 12.3. The van der Waals surface area contributed by atoms with Crippen LogP contribution in [0.15, 0.2) is 76.7 Å². The van der Waals surface area contributed by atoms with E-state index < -0.39 is 10.0 Å². The van der Waals surface area contributed by atoms with Gasteiger partial charge < -0.3 is 0 Å². The van der Waals surface area contributed by atoms with Gasteiger partial charge in [0.05, 0.1) is 20.7 Å². The average molecular weight is 459 g/mol. The van der Waals surface area contributed by atoms with Crippen LogP contribution in [-0.2, 0) is 10.0 Å². The molecule has 0 aromatic heterocycles. The van der Waals surface area contributed by atoms with Crippen LogP contribution in [0.3, 0.4) is 0 Å². The van der Waals surface area contributed by atoms with E-state index in [1.807, 2.05) is 43.3 Å². The summed E-state index contributed by atoms with van der Waals surface area (Å²) in [6.07, 6.45) is 1.43. The summed E-state index contributed by atoms with van der Waals surface area (Å²) < 4.78 is 25.2. The van der Waals surface area contributed by atoms with Gasteiger partial charge in [-0.25, -0.2) is 0 Å². The van der Waals surface area contributed by atoms with Gasteiger partial charge in [0.15, 0.2) is 0 Å². The number of rotatable bonds is 4. The predicted molar refractivity (Wildman–Crippen MR) is 122 cm³/mol. The van der Waals surface area contributed by atoms with E-state index in [1.165, 1.54) is 0 Å². The molecule has 0 bridgehead atoms. The van der Waals surface area contributed by atoms with Gasteiger partial charge in [-0.1, -0.05) is 71.2 Å². The molecule has 0 spiro atoms. The first-order chi connectivity index (χ1) is 14.3. The van der Waals surface area contributed by atoms with Gasteiger partial charge in [0.2, 0.25) is 0 Å². The molecule has 4 rings (SSSR count). The van der Waals surface area contributed by atoms with Crippen molar-refractivity contribution < 1.29 is 8.42 Å². The van der Waals surface area contributed by atoms with Crippen molar-refractivity contribution in [1.29, 1.82) is 0 Å². The highest BCUT2D eigenvalue weighted by Gasteiger charge is 2.26. The van der Waals surface area contributed by atoms with Crippen molar-refractivity contribution in [3.63, 3.8) is 0 Å². The third kappa shape index (κ3) is 4.24. The van der Waals surface area contributed by atoms with Crippen LogP contribution in [0.5, 0.6) is 0 Å². The minimum absolute atomic E-state index is 0.142. The molecule has 1 atom stereocenters. The fourth-order valence-electron chi connectivity index (χ4n) is 3.71. The van der Waals surface area contributed by atoms with Crippen molar-refractivity contribution in [3.8, 4) is 0 Å². The molecular weight excluding hydrogens is 439 g/mol. The molecule has 7 heteroatoms. The van der Waals surface area contributed by atoms with Crippen LogP contribution in [0.2, 0.25) is 10.0 Å². The molecule has 0 radical (unpaired) electrons. The van der Waals surface area contributed by atoms with Gasteiger partial charge in [0.1, 0.15) is 0 Å². The second kappa shape index (κ2) is 8.42.